The second kappa shape index (κ2) is 6.46. The van der Waals surface area contributed by atoms with Crippen molar-refractivity contribution in [1.29, 1.82) is 0 Å². The van der Waals surface area contributed by atoms with Crippen LogP contribution in [0.25, 0.3) is 45.1 Å². The molecule has 29 heavy (non-hydrogen) atoms. The number of sulfonamides is 1. The summed E-state index contributed by atoms with van der Waals surface area (Å²) in [6, 6.07) is 20.0. The minimum Gasteiger partial charge on any atom is -0.436 e. The standard InChI is InChI=1S/C21H15N3O4S/c1-29(25,26)24-17-12-13(20-22-15-6-2-4-8-18(15)27-20)10-11-14(17)21-23-16-7-3-5-9-19(16)28-21/h2-12,24H,1H3. The van der Waals surface area contributed by atoms with E-state index in [1.807, 2.05) is 48.5 Å². The van der Waals surface area contributed by atoms with Gasteiger partial charge in [0.15, 0.2) is 11.2 Å². The number of hydrogen-bond acceptors (Lipinski definition) is 6. The summed E-state index contributed by atoms with van der Waals surface area (Å²) in [4.78, 5) is 8.95. The number of para-hydroxylation sites is 4. The molecule has 0 fully saturated rings. The smallest absolute Gasteiger partial charge is 0.229 e. The van der Waals surface area contributed by atoms with Gasteiger partial charge in [0.2, 0.25) is 21.8 Å². The maximum Gasteiger partial charge on any atom is 0.229 e. The number of rotatable bonds is 4. The van der Waals surface area contributed by atoms with Crippen molar-refractivity contribution in [1.82, 2.24) is 9.97 Å². The van der Waals surface area contributed by atoms with Gasteiger partial charge in [-0.05, 0) is 42.5 Å². The van der Waals surface area contributed by atoms with E-state index in [0.29, 0.717) is 45.3 Å². The molecule has 0 saturated heterocycles. The van der Waals surface area contributed by atoms with E-state index in [4.69, 9.17) is 8.83 Å². The van der Waals surface area contributed by atoms with Crippen LogP contribution in [0.2, 0.25) is 0 Å². The van der Waals surface area contributed by atoms with Crippen molar-refractivity contribution in [2.75, 3.05) is 11.0 Å². The summed E-state index contributed by atoms with van der Waals surface area (Å²) in [5.74, 6) is 0.716. The molecule has 0 spiro atoms. The molecule has 0 atom stereocenters. The Kier molecular flexibility index (Phi) is 3.88. The summed E-state index contributed by atoms with van der Waals surface area (Å²) < 4.78 is 38.1. The zero-order valence-electron chi connectivity index (χ0n) is 15.3. The van der Waals surface area contributed by atoms with Crippen molar-refractivity contribution < 1.29 is 17.3 Å². The molecule has 2 heterocycles. The van der Waals surface area contributed by atoms with Crippen LogP contribution in [0.5, 0.6) is 0 Å². The van der Waals surface area contributed by atoms with Crippen LogP contribution < -0.4 is 4.72 Å². The molecule has 144 valence electrons. The van der Waals surface area contributed by atoms with E-state index in [2.05, 4.69) is 14.7 Å². The Morgan fingerprint density at radius 2 is 1.38 bits per heavy atom. The molecular weight excluding hydrogens is 390 g/mol. The van der Waals surface area contributed by atoms with Gasteiger partial charge in [-0.1, -0.05) is 24.3 Å². The van der Waals surface area contributed by atoms with Gasteiger partial charge in [-0.3, -0.25) is 4.72 Å². The van der Waals surface area contributed by atoms with Crippen molar-refractivity contribution in [3.63, 3.8) is 0 Å². The number of anilines is 1. The highest BCUT2D eigenvalue weighted by Crippen LogP contribution is 2.35. The first-order valence-electron chi connectivity index (χ1n) is 8.80. The molecular formula is C21H15N3O4S. The fraction of sp³-hybridized carbons (Fsp3) is 0.0476. The number of oxazole rings is 2. The first-order valence-corrected chi connectivity index (χ1v) is 10.7. The number of benzene rings is 3. The van der Waals surface area contributed by atoms with Crippen molar-refractivity contribution >= 4 is 37.9 Å². The summed E-state index contributed by atoms with van der Waals surface area (Å²) in [6.07, 6.45) is 1.09. The lowest BCUT2D eigenvalue weighted by atomic mass is 10.1. The van der Waals surface area contributed by atoms with Crippen molar-refractivity contribution in [3.05, 3.63) is 66.7 Å². The molecule has 7 nitrogen and oxygen atoms in total. The predicted octanol–water partition coefficient (Wildman–Crippen LogP) is 4.67. The lowest BCUT2D eigenvalue weighted by molar-refractivity contribution is 0.606. The summed E-state index contributed by atoms with van der Waals surface area (Å²) in [6.45, 7) is 0. The topological polar surface area (TPSA) is 98.2 Å². The summed E-state index contributed by atoms with van der Waals surface area (Å²) in [5.41, 5.74) is 4.18. The lowest BCUT2D eigenvalue weighted by Crippen LogP contribution is -2.10. The predicted molar refractivity (Wildman–Crippen MR) is 111 cm³/mol. The van der Waals surface area contributed by atoms with E-state index < -0.39 is 10.0 Å². The Morgan fingerprint density at radius 3 is 2.00 bits per heavy atom. The Balaban J connectivity index is 1.66. The zero-order valence-corrected chi connectivity index (χ0v) is 16.1. The monoisotopic (exact) mass is 405 g/mol. The fourth-order valence-electron chi connectivity index (χ4n) is 3.13. The SMILES string of the molecule is CS(=O)(=O)Nc1cc(-c2nc3ccccc3o2)ccc1-c1nc2ccccc2o1. The van der Waals surface area contributed by atoms with Crippen LogP contribution in [0.3, 0.4) is 0 Å². The van der Waals surface area contributed by atoms with E-state index in [9.17, 15) is 8.42 Å². The zero-order chi connectivity index (χ0) is 20.0. The Morgan fingerprint density at radius 1 is 0.793 bits per heavy atom. The van der Waals surface area contributed by atoms with Crippen molar-refractivity contribution in [2.24, 2.45) is 0 Å². The van der Waals surface area contributed by atoms with Gasteiger partial charge in [0, 0.05) is 5.56 Å². The molecule has 0 radical (unpaired) electrons. The van der Waals surface area contributed by atoms with Crippen molar-refractivity contribution in [2.45, 2.75) is 0 Å². The number of hydrogen-bond donors (Lipinski definition) is 1. The average Bonchev–Trinajstić information content (AvgIpc) is 3.30. The van der Waals surface area contributed by atoms with Gasteiger partial charge in [0.05, 0.1) is 17.5 Å². The normalized spacial score (nSPS) is 11.9. The second-order valence-corrected chi connectivity index (χ2v) is 8.36. The van der Waals surface area contributed by atoms with Crippen LogP contribution in [0.15, 0.2) is 75.6 Å². The molecule has 5 aromatic rings. The maximum atomic E-state index is 11.9. The van der Waals surface area contributed by atoms with E-state index in [1.54, 1.807) is 18.2 Å². The van der Waals surface area contributed by atoms with Crippen molar-refractivity contribution in [3.8, 4) is 22.9 Å². The van der Waals surface area contributed by atoms with Gasteiger partial charge in [-0.2, -0.15) is 0 Å². The van der Waals surface area contributed by atoms with Gasteiger partial charge in [0.1, 0.15) is 11.0 Å². The lowest BCUT2D eigenvalue weighted by Gasteiger charge is -2.09. The quantitative estimate of drug-likeness (QED) is 0.466. The van der Waals surface area contributed by atoms with E-state index in [0.717, 1.165) is 11.8 Å². The van der Waals surface area contributed by atoms with Crippen LogP contribution in [-0.2, 0) is 10.0 Å². The van der Waals surface area contributed by atoms with E-state index in [-0.39, 0.29) is 0 Å². The van der Waals surface area contributed by atoms with Gasteiger partial charge in [0.25, 0.3) is 0 Å². The molecule has 0 aliphatic heterocycles. The van der Waals surface area contributed by atoms with Gasteiger partial charge < -0.3 is 8.83 Å². The molecule has 3 aromatic carbocycles. The third kappa shape index (κ3) is 3.34. The Hall–Kier alpha value is -3.65. The Bertz CT molecular complexity index is 1400. The average molecular weight is 405 g/mol. The molecule has 1 N–H and O–H groups in total. The van der Waals surface area contributed by atoms with Crippen LogP contribution >= 0.6 is 0 Å². The third-order valence-corrected chi connectivity index (χ3v) is 4.97. The number of nitrogens with one attached hydrogen (secondary N) is 1. The highest BCUT2D eigenvalue weighted by Gasteiger charge is 2.18. The minimum atomic E-state index is -3.53. The van der Waals surface area contributed by atoms with Crippen LogP contribution in [0.4, 0.5) is 5.69 Å². The Labute approximate surface area is 166 Å². The largest absolute Gasteiger partial charge is 0.436 e. The highest BCUT2D eigenvalue weighted by molar-refractivity contribution is 7.92. The van der Waals surface area contributed by atoms with Crippen LogP contribution in [0.1, 0.15) is 0 Å². The number of aromatic nitrogens is 2. The summed E-state index contributed by atoms with van der Waals surface area (Å²) >= 11 is 0. The third-order valence-electron chi connectivity index (χ3n) is 4.38. The molecule has 5 rings (SSSR count). The van der Waals surface area contributed by atoms with E-state index in [1.165, 1.54) is 0 Å². The molecule has 0 aliphatic rings. The number of nitrogens with zero attached hydrogens (tertiary/aromatic N) is 2. The minimum absolute atomic E-state index is 0.321. The van der Waals surface area contributed by atoms with Gasteiger partial charge in [-0.25, -0.2) is 18.4 Å². The van der Waals surface area contributed by atoms with Gasteiger partial charge in [-0.15, -0.1) is 0 Å². The molecule has 2 aromatic heterocycles. The molecule has 0 amide bonds. The first kappa shape index (κ1) is 17.4. The first-order chi connectivity index (χ1) is 14.0. The molecule has 0 bridgehead atoms. The fourth-order valence-corrected chi connectivity index (χ4v) is 3.70. The summed E-state index contributed by atoms with van der Waals surface area (Å²) in [5, 5.41) is 0. The van der Waals surface area contributed by atoms with Crippen LogP contribution in [0, 0.1) is 0 Å². The van der Waals surface area contributed by atoms with E-state index >= 15 is 0 Å². The second-order valence-electron chi connectivity index (χ2n) is 6.61. The van der Waals surface area contributed by atoms with Gasteiger partial charge >= 0.3 is 0 Å². The molecule has 0 unspecified atom stereocenters. The number of fused-ring (bicyclic) bond motifs is 2. The van der Waals surface area contributed by atoms with Crippen LogP contribution in [-0.4, -0.2) is 24.6 Å². The summed E-state index contributed by atoms with van der Waals surface area (Å²) in [7, 11) is -3.53. The maximum absolute atomic E-state index is 11.9. The molecule has 8 heteroatoms. The molecule has 0 saturated carbocycles. The molecule has 0 aliphatic carbocycles. The highest BCUT2D eigenvalue weighted by atomic mass is 32.2.